The van der Waals surface area contributed by atoms with E-state index < -0.39 is 0 Å². The molecule has 0 fully saturated rings. The Hall–Kier alpha value is -2.52. The average Bonchev–Trinajstić information content (AvgIpc) is 2.96. The number of carbonyl (C=O) groups excluding carboxylic acids is 1. The third-order valence-electron chi connectivity index (χ3n) is 2.63. The predicted molar refractivity (Wildman–Crippen MR) is 76.5 cm³/mol. The molecule has 2 rings (SSSR count). The fraction of sp³-hybridized carbons (Fsp3) is 0.143. The summed E-state index contributed by atoms with van der Waals surface area (Å²) in [5.74, 6) is 0.688. The van der Waals surface area contributed by atoms with Gasteiger partial charge in [0.2, 0.25) is 0 Å². The molecule has 1 aromatic heterocycles. The van der Waals surface area contributed by atoms with E-state index in [1.54, 1.807) is 29.6 Å². The van der Waals surface area contributed by atoms with Gasteiger partial charge < -0.3 is 14.8 Å². The molecule has 6 heteroatoms. The summed E-state index contributed by atoms with van der Waals surface area (Å²) in [5.41, 5.74) is 0.973. The van der Waals surface area contributed by atoms with E-state index in [0.717, 1.165) is 0 Å². The summed E-state index contributed by atoms with van der Waals surface area (Å²) in [6.45, 7) is 0. The van der Waals surface area contributed by atoms with Crippen LogP contribution in [0.25, 0.3) is 0 Å². The van der Waals surface area contributed by atoms with Crippen molar-refractivity contribution in [2.24, 2.45) is 0 Å². The normalized spacial score (nSPS) is 9.65. The summed E-state index contributed by atoms with van der Waals surface area (Å²) in [5, 5.41) is 13.4. The molecule has 0 aliphatic heterocycles. The van der Waals surface area contributed by atoms with Gasteiger partial charge >= 0.3 is 0 Å². The lowest BCUT2D eigenvalue weighted by Crippen LogP contribution is -2.12. The Balaban J connectivity index is 2.26. The zero-order valence-corrected chi connectivity index (χ0v) is 11.8. The maximum atomic E-state index is 12.2. The van der Waals surface area contributed by atoms with Crippen LogP contribution in [0.4, 0.5) is 5.69 Å². The van der Waals surface area contributed by atoms with E-state index in [2.05, 4.69) is 5.32 Å². The van der Waals surface area contributed by atoms with Gasteiger partial charge in [0.15, 0.2) is 0 Å². The number of thiophene rings is 1. The van der Waals surface area contributed by atoms with E-state index in [1.807, 2.05) is 6.07 Å². The van der Waals surface area contributed by atoms with Crippen LogP contribution in [0.15, 0.2) is 29.6 Å². The number of hydrogen-bond acceptors (Lipinski definition) is 5. The number of nitrogens with one attached hydrogen (secondary N) is 1. The molecule has 1 amide bonds. The number of ether oxygens (including phenoxy) is 2. The van der Waals surface area contributed by atoms with E-state index >= 15 is 0 Å². The van der Waals surface area contributed by atoms with Crippen LogP contribution in [0.2, 0.25) is 0 Å². The number of methoxy groups -OCH3 is 2. The fourth-order valence-electron chi connectivity index (χ4n) is 1.67. The van der Waals surface area contributed by atoms with Crippen LogP contribution in [0.3, 0.4) is 0 Å². The summed E-state index contributed by atoms with van der Waals surface area (Å²) in [4.78, 5) is 12.7. The molecule has 0 saturated heterocycles. The molecule has 5 nitrogen and oxygen atoms in total. The predicted octanol–water partition coefficient (Wildman–Crippen LogP) is 2.89. The lowest BCUT2D eigenvalue weighted by Gasteiger charge is -2.10. The van der Waals surface area contributed by atoms with Crippen molar-refractivity contribution in [2.45, 2.75) is 0 Å². The standard InChI is InChI=1S/C14H12N2O3S/c1-18-11-5-6-20-13(11)14(17)16-10-4-3-9(8-15)7-12(10)19-2/h3-7H,1-2H3,(H,16,17). The second-order valence-corrected chi connectivity index (χ2v) is 4.72. The summed E-state index contributed by atoms with van der Waals surface area (Å²) < 4.78 is 10.3. The Bertz CT molecular complexity index is 673. The van der Waals surface area contributed by atoms with Gasteiger partial charge in [0, 0.05) is 6.07 Å². The number of nitriles is 1. The van der Waals surface area contributed by atoms with Gasteiger partial charge in [-0.1, -0.05) is 0 Å². The number of nitrogens with zero attached hydrogens (tertiary/aromatic N) is 1. The highest BCUT2D eigenvalue weighted by Gasteiger charge is 2.16. The Kier molecular flexibility index (Phi) is 4.23. The zero-order chi connectivity index (χ0) is 14.5. The van der Waals surface area contributed by atoms with Gasteiger partial charge in [-0.25, -0.2) is 0 Å². The van der Waals surface area contributed by atoms with Gasteiger partial charge in [0.25, 0.3) is 5.91 Å². The first-order valence-electron chi connectivity index (χ1n) is 5.70. The number of hydrogen-bond donors (Lipinski definition) is 1. The quantitative estimate of drug-likeness (QED) is 0.939. The number of rotatable bonds is 4. The van der Waals surface area contributed by atoms with Crippen molar-refractivity contribution in [1.82, 2.24) is 0 Å². The van der Waals surface area contributed by atoms with Gasteiger partial charge in [-0.3, -0.25) is 4.79 Å². The van der Waals surface area contributed by atoms with Gasteiger partial charge in [0.1, 0.15) is 16.4 Å². The summed E-state index contributed by atoms with van der Waals surface area (Å²) in [6.07, 6.45) is 0. The second-order valence-electron chi connectivity index (χ2n) is 3.80. The van der Waals surface area contributed by atoms with Gasteiger partial charge in [-0.2, -0.15) is 5.26 Å². The first kappa shape index (κ1) is 13.9. The third-order valence-corrected chi connectivity index (χ3v) is 3.53. The minimum atomic E-state index is -0.278. The molecule has 1 heterocycles. The van der Waals surface area contributed by atoms with Crippen LogP contribution in [0.1, 0.15) is 15.2 Å². The largest absolute Gasteiger partial charge is 0.495 e. The zero-order valence-electron chi connectivity index (χ0n) is 11.0. The lowest BCUT2D eigenvalue weighted by molar-refractivity contribution is 0.102. The lowest BCUT2D eigenvalue weighted by atomic mass is 10.2. The van der Waals surface area contributed by atoms with Crippen LogP contribution >= 0.6 is 11.3 Å². The van der Waals surface area contributed by atoms with Crippen molar-refractivity contribution >= 4 is 22.9 Å². The van der Waals surface area contributed by atoms with Crippen LogP contribution in [0.5, 0.6) is 11.5 Å². The first-order valence-corrected chi connectivity index (χ1v) is 6.58. The Morgan fingerprint density at radius 2 is 2.00 bits per heavy atom. The molecule has 1 aromatic carbocycles. The minimum absolute atomic E-state index is 0.278. The summed E-state index contributed by atoms with van der Waals surface area (Å²) in [7, 11) is 3.00. The molecule has 0 unspecified atom stereocenters. The van der Waals surface area contributed by atoms with Crippen LogP contribution in [0, 0.1) is 11.3 Å². The second kappa shape index (κ2) is 6.08. The molecule has 0 aliphatic rings. The number of amides is 1. The SMILES string of the molecule is COc1cc(C#N)ccc1NC(=O)c1sccc1OC. The molecular weight excluding hydrogens is 276 g/mol. The van der Waals surface area contributed by atoms with Gasteiger partial charge in [0.05, 0.1) is 31.5 Å². The molecule has 1 N–H and O–H groups in total. The number of benzene rings is 1. The molecule has 0 atom stereocenters. The topological polar surface area (TPSA) is 71.3 Å². The highest BCUT2D eigenvalue weighted by Crippen LogP contribution is 2.29. The van der Waals surface area contributed by atoms with E-state index in [-0.39, 0.29) is 5.91 Å². The van der Waals surface area contributed by atoms with Gasteiger partial charge in [-0.05, 0) is 23.6 Å². The van der Waals surface area contributed by atoms with E-state index in [4.69, 9.17) is 14.7 Å². The van der Waals surface area contributed by atoms with E-state index in [1.165, 1.54) is 25.6 Å². The molecule has 2 aromatic rings. The van der Waals surface area contributed by atoms with Crippen LogP contribution < -0.4 is 14.8 Å². The van der Waals surface area contributed by atoms with Crippen molar-refractivity contribution in [3.63, 3.8) is 0 Å². The smallest absolute Gasteiger partial charge is 0.269 e. The van der Waals surface area contributed by atoms with E-state index in [0.29, 0.717) is 27.6 Å². The molecule has 20 heavy (non-hydrogen) atoms. The van der Waals surface area contributed by atoms with E-state index in [9.17, 15) is 4.79 Å². The molecule has 0 bridgehead atoms. The van der Waals surface area contributed by atoms with Crippen molar-refractivity contribution in [1.29, 1.82) is 5.26 Å². The molecule has 0 spiro atoms. The highest BCUT2D eigenvalue weighted by atomic mass is 32.1. The molecule has 0 saturated carbocycles. The van der Waals surface area contributed by atoms with Gasteiger partial charge in [-0.15, -0.1) is 11.3 Å². The number of anilines is 1. The first-order chi connectivity index (χ1) is 9.69. The molecule has 102 valence electrons. The highest BCUT2D eigenvalue weighted by molar-refractivity contribution is 7.12. The Morgan fingerprint density at radius 3 is 2.65 bits per heavy atom. The third kappa shape index (κ3) is 2.73. The van der Waals surface area contributed by atoms with Crippen molar-refractivity contribution in [3.05, 3.63) is 40.1 Å². The minimum Gasteiger partial charge on any atom is -0.495 e. The molecule has 0 aliphatic carbocycles. The number of carbonyl (C=O) groups is 1. The van der Waals surface area contributed by atoms with Crippen molar-refractivity contribution in [2.75, 3.05) is 19.5 Å². The maximum absolute atomic E-state index is 12.2. The molecular formula is C14H12N2O3S. The molecule has 0 radical (unpaired) electrons. The summed E-state index contributed by atoms with van der Waals surface area (Å²) >= 11 is 1.29. The maximum Gasteiger partial charge on any atom is 0.269 e. The monoisotopic (exact) mass is 288 g/mol. The van der Waals surface area contributed by atoms with Crippen molar-refractivity contribution in [3.8, 4) is 17.6 Å². The van der Waals surface area contributed by atoms with Crippen molar-refractivity contribution < 1.29 is 14.3 Å². The average molecular weight is 288 g/mol. The van der Waals surface area contributed by atoms with Crippen LogP contribution in [-0.4, -0.2) is 20.1 Å². The van der Waals surface area contributed by atoms with Crippen LogP contribution in [-0.2, 0) is 0 Å². The fourth-order valence-corrected chi connectivity index (χ4v) is 2.42. The summed E-state index contributed by atoms with van der Waals surface area (Å²) in [6, 6.07) is 8.57. The Morgan fingerprint density at radius 1 is 1.25 bits per heavy atom. The Labute approximate surface area is 120 Å².